The van der Waals surface area contributed by atoms with E-state index in [1.165, 1.54) is 0 Å². The minimum atomic E-state index is 0.538. The molecule has 0 N–H and O–H groups in total. The molecule has 0 fully saturated rings. The highest BCUT2D eigenvalue weighted by Gasteiger charge is 1.99. The first-order valence-corrected chi connectivity index (χ1v) is 6.07. The molecule has 0 bridgehead atoms. The summed E-state index contributed by atoms with van der Waals surface area (Å²) in [5, 5.41) is 8.77. The van der Waals surface area contributed by atoms with Crippen molar-refractivity contribution in [2.24, 2.45) is 0 Å². The van der Waals surface area contributed by atoms with E-state index in [2.05, 4.69) is 12.6 Å². The van der Waals surface area contributed by atoms with Gasteiger partial charge in [0.15, 0.2) is 0 Å². The van der Waals surface area contributed by atoms with E-state index in [4.69, 9.17) is 10.00 Å². The first kappa shape index (κ1) is 12.9. The fraction of sp³-hybridized carbons (Fsp3) is 0.118. The van der Waals surface area contributed by atoms with Crippen LogP contribution in [0.15, 0.2) is 60.7 Å². The predicted molar refractivity (Wildman–Crippen MR) is 76.9 cm³/mol. The van der Waals surface area contributed by atoms with Gasteiger partial charge in [-0.05, 0) is 47.9 Å². The summed E-state index contributed by atoms with van der Waals surface area (Å²) >= 11 is 0. The summed E-state index contributed by atoms with van der Waals surface area (Å²) in [6, 6.07) is 17.5. The van der Waals surface area contributed by atoms with Gasteiger partial charge in [-0.25, -0.2) is 0 Å². The van der Waals surface area contributed by atoms with Gasteiger partial charge >= 0.3 is 0 Å². The minimum absolute atomic E-state index is 0.538. The number of nitriles is 1. The topological polar surface area (TPSA) is 33.0 Å². The summed E-state index contributed by atoms with van der Waals surface area (Å²) in [5.74, 6) is 0.834. The molecule has 2 heteroatoms. The van der Waals surface area contributed by atoms with E-state index < -0.39 is 0 Å². The Hall–Kier alpha value is -2.53. The molecule has 0 radical (unpaired) electrons. The van der Waals surface area contributed by atoms with Gasteiger partial charge in [0.25, 0.3) is 0 Å². The van der Waals surface area contributed by atoms with Gasteiger partial charge in [0.05, 0.1) is 11.6 Å². The van der Waals surface area contributed by atoms with E-state index in [9.17, 15) is 0 Å². The smallest absolute Gasteiger partial charge is 0.119 e. The molecule has 2 aromatic rings. The fourth-order valence-electron chi connectivity index (χ4n) is 1.69. The number of ether oxygens (including phenoxy) is 1. The van der Waals surface area contributed by atoms with Crippen LogP contribution in [0.3, 0.4) is 0 Å². The molecular formula is C17H15NO. The van der Waals surface area contributed by atoms with Crippen molar-refractivity contribution in [3.63, 3.8) is 0 Å². The van der Waals surface area contributed by atoms with E-state index >= 15 is 0 Å². The molecule has 2 aromatic carbocycles. The lowest BCUT2D eigenvalue weighted by Gasteiger charge is -2.07. The molecule has 0 unspecified atom stereocenters. The summed E-state index contributed by atoms with van der Waals surface area (Å²) in [4.78, 5) is 0. The second-order valence-electron chi connectivity index (χ2n) is 4.46. The first-order valence-electron chi connectivity index (χ1n) is 6.07. The van der Waals surface area contributed by atoms with E-state index in [1.54, 1.807) is 0 Å². The van der Waals surface area contributed by atoms with Crippen molar-refractivity contribution in [3.05, 3.63) is 66.2 Å². The highest BCUT2D eigenvalue weighted by atomic mass is 16.5. The Balaban J connectivity index is 2.13. The summed E-state index contributed by atoms with van der Waals surface area (Å²) in [5.41, 5.74) is 3.86. The molecule has 2 rings (SSSR count). The lowest BCUT2D eigenvalue weighted by atomic mass is 10.0. The Kier molecular flexibility index (Phi) is 4.00. The molecule has 0 atom stereocenters. The molecule has 0 aliphatic heterocycles. The van der Waals surface area contributed by atoms with Crippen molar-refractivity contribution >= 4 is 0 Å². The van der Waals surface area contributed by atoms with Gasteiger partial charge in [-0.1, -0.05) is 30.8 Å². The van der Waals surface area contributed by atoms with Crippen molar-refractivity contribution in [2.45, 2.75) is 6.92 Å². The van der Waals surface area contributed by atoms with E-state index in [1.807, 2.05) is 55.5 Å². The standard InChI is InChI=1S/C17H15NO/c1-13(2)12-19-17-9-7-16(8-10-17)15-5-3-14(11-18)4-6-15/h3-10H,1,12H2,2H3. The Morgan fingerprint density at radius 3 is 2.05 bits per heavy atom. The molecule has 0 saturated carbocycles. The van der Waals surface area contributed by atoms with Crippen LogP contribution >= 0.6 is 0 Å². The van der Waals surface area contributed by atoms with Crippen LogP contribution in [-0.4, -0.2) is 6.61 Å². The third-order valence-electron chi connectivity index (χ3n) is 2.69. The van der Waals surface area contributed by atoms with Crippen LogP contribution in [0.4, 0.5) is 0 Å². The van der Waals surface area contributed by atoms with Crippen molar-refractivity contribution in [2.75, 3.05) is 6.61 Å². The minimum Gasteiger partial charge on any atom is -0.489 e. The maximum atomic E-state index is 8.77. The number of benzene rings is 2. The number of nitrogens with zero attached hydrogens (tertiary/aromatic N) is 1. The van der Waals surface area contributed by atoms with Gasteiger partial charge in [0.1, 0.15) is 12.4 Å². The number of hydrogen-bond donors (Lipinski definition) is 0. The Bertz CT molecular complexity index is 603. The quantitative estimate of drug-likeness (QED) is 0.761. The predicted octanol–water partition coefficient (Wildman–Crippen LogP) is 4.18. The highest BCUT2D eigenvalue weighted by molar-refractivity contribution is 5.64. The molecular weight excluding hydrogens is 234 g/mol. The van der Waals surface area contributed by atoms with Crippen molar-refractivity contribution in [1.82, 2.24) is 0 Å². The van der Waals surface area contributed by atoms with Crippen LogP contribution < -0.4 is 4.74 Å². The maximum absolute atomic E-state index is 8.77. The van der Waals surface area contributed by atoms with E-state index in [-0.39, 0.29) is 0 Å². The Morgan fingerprint density at radius 1 is 1.05 bits per heavy atom. The average molecular weight is 249 g/mol. The molecule has 2 nitrogen and oxygen atoms in total. The van der Waals surface area contributed by atoms with Gasteiger partial charge in [-0.3, -0.25) is 0 Å². The van der Waals surface area contributed by atoms with Crippen LogP contribution in [0.2, 0.25) is 0 Å². The van der Waals surface area contributed by atoms with Crippen LogP contribution in [0.1, 0.15) is 12.5 Å². The Morgan fingerprint density at radius 2 is 1.58 bits per heavy atom. The SMILES string of the molecule is C=C(C)COc1ccc(-c2ccc(C#N)cc2)cc1. The maximum Gasteiger partial charge on any atom is 0.119 e. The van der Waals surface area contributed by atoms with Crippen molar-refractivity contribution < 1.29 is 4.74 Å². The fourth-order valence-corrected chi connectivity index (χ4v) is 1.69. The monoisotopic (exact) mass is 249 g/mol. The zero-order chi connectivity index (χ0) is 13.7. The molecule has 0 saturated heterocycles. The average Bonchev–Trinajstić information content (AvgIpc) is 2.46. The van der Waals surface area contributed by atoms with Crippen molar-refractivity contribution in [3.8, 4) is 22.9 Å². The van der Waals surface area contributed by atoms with Crippen LogP contribution in [0.25, 0.3) is 11.1 Å². The number of hydrogen-bond acceptors (Lipinski definition) is 2. The van der Waals surface area contributed by atoms with Gasteiger partial charge in [-0.15, -0.1) is 0 Å². The molecule has 19 heavy (non-hydrogen) atoms. The highest BCUT2D eigenvalue weighted by Crippen LogP contribution is 2.22. The second-order valence-corrected chi connectivity index (χ2v) is 4.46. The van der Waals surface area contributed by atoms with Gasteiger partial charge in [0.2, 0.25) is 0 Å². The molecule has 0 aromatic heterocycles. The molecule has 0 aliphatic rings. The molecule has 0 heterocycles. The lowest BCUT2D eigenvalue weighted by Crippen LogP contribution is -1.97. The summed E-state index contributed by atoms with van der Waals surface area (Å²) < 4.78 is 5.55. The zero-order valence-electron chi connectivity index (χ0n) is 10.9. The lowest BCUT2D eigenvalue weighted by molar-refractivity contribution is 0.353. The number of rotatable bonds is 4. The molecule has 0 spiro atoms. The van der Waals surface area contributed by atoms with Crippen LogP contribution in [0.5, 0.6) is 5.75 Å². The second kappa shape index (κ2) is 5.88. The normalized spacial score (nSPS) is 9.68. The van der Waals surface area contributed by atoms with Gasteiger partial charge < -0.3 is 4.74 Å². The molecule has 0 amide bonds. The van der Waals surface area contributed by atoms with Crippen LogP contribution in [0, 0.1) is 11.3 Å². The first-order chi connectivity index (χ1) is 9.19. The van der Waals surface area contributed by atoms with Gasteiger partial charge in [-0.2, -0.15) is 5.26 Å². The van der Waals surface area contributed by atoms with E-state index in [0.29, 0.717) is 12.2 Å². The van der Waals surface area contributed by atoms with Crippen molar-refractivity contribution in [1.29, 1.82) is 5.26 Å². The van der Waals surface area contributed by atoms with Gasteiger partial charge in [0, 0.05) is 0 Å². The third-order valence-corrected chi connectivity index (χ3v) is 2.69. The Labute approximate surface area is 113 Å². The molecule has 94 valence electrons. The zero-order valence-corrected chi connectivity index (χ0v) is 10.9. The summed E-state index contributed by atoms with van der Waals surface area (Å²) in [7, 11) is 0. The van der Waals surface area contributed by atoms with E-state index in [0.717, 1.165) is 22.4 Å². The van der Waals surface area contributed by atoms with Crippen LogP contribution in [-0.2, 0) is 0 Å². The summed E-state index contributed by atoms with van der Waals surface area (Å²) in [6.07, 6.45) is 0. The largest absolute Gasteiger partial charge is 0.489 e. The summed E-state index contributed by atoms with van der Waals surface area (Å²) in [6.45, 7) is 6.27. The molecule has 0 aliphatic carbocycles. The third kappa shape index (κ3) is 3.46.